The number of aryl methyl sites for hydroxylation is 1. The van der Waals surface area contributed by atoms with Crippen molar-refractivity contribution in [1.82, 2.24) is 4.98 Å². The van der Waals surface area contributed by atoms with E-state index >= 15 is 0 Å². The first-order chi connectivity index (χ1) is 9.81. The van der Waals surface area contributed by atoms with Crippen LogP contribution in [0.1, 0.15) is 23.2 Å². The van der Waals surface area contributed by atoms with Gasteiger partial charge in [-0.3, -0.25) is 14.8 Å². The highest BCUT2D eigenvalue weighted by molar-refractivity contribution is 5.93. The van der Waals surface area contributed by atoms with Crippen LogP contribution in [-0.4, -0.2) is 17.1 Å². The minimum atomic E-state index is 0.00513. The van der Waals surface area contributed by atoms with Crippen LogP contribution in [-0.2, 0) is 17.8 Å². The monoisotopic (exact) mass is 265 g/mol. The lowest BCUT2D eigenvalue weighted by Gasteiger charge is -2.06. The van der Waals surface area contributed by atoms with Crippen LogP contribution in [0.3, 0.4) is 0 Å². The summed E-state index contributed by atoms with van der Waals surface area (Å²) in [6.45, 7) is 0.739. The van der Waals surface area contributed by atoms with Gasteiger partial charge in [0.05, 0.1) is 6.54 Å². The molecule has 1 N–H and O–H groups in total. The minimum absolute atomic E-state index is 0.00513. The Morgan fingerprint density at radius 2 is 2.20 bits per heavy atom. The van der Waals surface area contributed by atoms with E-state index in [9.17, 15) is 4.79 Å². The first kappa shape index (κ1) is 12.5. The molecular weight excluding hydrogens is 250 g/mol. The Hall–Kier alpha value is -2.49. The van der Waals surface area contributed by atoms with E-state index in [2.05, 4.69) is 15.3 Å². The average Bonchev–Trinajstić information content (AvgIpc) is 2.94. The first-order valence-electron chi connectivity index (χ1n) is 6.64. The number of amides is 1. The summed E-state index contributed by atoms with van der Waals surface area (Å²) >= 11 is 0. The van der Waals surface area contributed by atoms with Crippen molar-refractivity contribution in [3.63, 3.8) is 0 Å². The average molecular weight is 265 g/mol. The second kappa shape index (κ2) is 5.65. The Bertz CT molecular complexity index is 650. The van der Waals surface area contributed by atoms with E-state index in [1.165, 1.54) is 5.56 Å². The summed E-state index contributed by atoms with van der Waals surface area (Å²) in [7, 11) is 0. The third-order valence-corrected chi connectivity index (χ3v) is 3.26. The minimum Gasteiger partial charge on any atom is -0.326 e. The van der Waals surface area contributed by atoms with Crippen LogP contribution in [0.15, 0.2) is 47.6 Å². The number of benzene rings is 1. The van der Waals surface area contributed by atoms with Gasteiger partial charge in [0.15, 0.2) is 0 Å². The molecule has 0 fully saturated rings. The van der Waals surface area contributed by atoms with Crippen LogP contribution < -0.4 is 5.32 Å². The molecule has 20 heavy (non-hydrogen) atoms. The molecule has 4 heteroatoms. The highest BCUT2D eigenvalue weighted by Gasteiger charge is 2.08. The highest BCUT2D eigenvalue weighted by atomic mass is 16.1. The molecule has 1 aliphatic rings. The number of anilines is 1. The van der Waals surface area contributed by atoms with Gasteiger partial charge < -0.3 is 5.32 Å². The van der Waals surface area contributed by atoms with E-state index < -0.39 is 0 Å². The van der Waals surface area contributed by atoms with Gasteiger partial charge in [0.25, 0.3) is 0 Å². The molecule has 0 spiro atoms. The predicted octanol–water partition coefficient (Wildman–Crippen LogP) is 2.59. The molecule has 1 amide bonds. The lowest BCUT2D eigenvalue weighted by atomic mass is 10.1. The molecule has 0 saturated heterocycles. The third kappa shape index (κ3) is 2.91. The van der Waals surface area contributed by atoms with Gasteiger partial charge in [0.2, 0.25) is 5.91 Å². The summed E-state index contributed by atoms with van der Waals surface area (Å²) in [6.07, 6.45) is 4.67. The summed E-state index contributed by atoms with van der Waals surface area (Å²) < 4.78 is 0. The highest BCUT2D eigenvalue weighted by Crippen LogP contribution is 2.19. The normalized spacial score (nSPS) is 12.2. The quantitative estimate of drug-likeness (QED) is 0.923. The fourth-order valence-corrected chi connectivity index (χ4v) is 2.19. The fourth-order valence-electron chi connectivity index (χ4n) is 2.19. The molecule has 0 aliphatic carbocycles. The number of carbonyl (C=O) groups excluding carboxylic acids is 1. The summed E-state index contributed by atoms with van der Waals surface area (Å²) in [5.74, 6) is 0.00513. The zero-order chi connectivity index (χ0) is 13.8. The number of carbonyl (C=O) groups is 1. The van der Waals surface area contributed by atoms with Crippen molar-refractivity contribution >= 4 is 17.8 Å². The maximum Gasteiger partial charge on any atom is 0.224 e. The van der Waals surface area contributed by atoms with Gasteiger partial charge >= 0.3 is 0 Å². The molecule has 2 aromatic rings. The lowest BCUT2D eigenvalue weighted by Crippen LogP contribution is -2.12. The number of nitrogens with one attached hydrogen (secondary N) is 1. The predicted molar refractivity (Wildman–Crippen MR) is 78.9 cm³/mol. The van der Waals surface area contributed by atoms with Crippen LogP contribution in [0.5, 0.6) is 0 Å². The SMILES string of the molecule is O=C(CCc1ccccn1)Nc1ccc2c(c1)C=NC2. The molecule has 100 valence electrons. The molecular formula is C16H15N3O. The molecule has 0 saturated carbocycles. The number of hydrogen-bond donors (Lipinski definition) is 1. The first-order valence-corrected chi connectivity index (χ1v) is 6.64. The molecule has 0 bridgehead atoms. The Morgan fingerprint density at radius 3 is 3.05 bits per heavy atom. The third-order valence-electron chi connectivity index (χ3n) is 3.26. The van der Waals surface area contributed by atoms with E-state index in [-0.39, 0.29) is 5.91 Å². The van der Waals surface area contributed by atoms with E-state index in [1.54, 1.807) is 6.20 Å². The molecule has 0 atom stereocenters. The maximum atomic E-state index is 11.9. The molecule has 0 radical (unpaired) electrons. The molecule has 3 rings (SSSR count). The van der Waals surface area contributed by atoms with Crippen LogP contribution in [0.4, 0.5) is 5.69 Å². The van der Waals surface area contributed by atoms with Gasteiger partial charge in [0, 0.05) is 30.2 Å². The summed E-state index contributed by atoms with van der Waals surface area (Å²) in [5, 5.41) is 2.91. The van der Waals surface area contributed by atoms with Crippen LogP contribution >= 0.6 is 0 Å². The lowest BCUT2D eigenvalue weighted by molar-refractivity contribution is -0.116. The van der Waals surface area contributed by atoms with Crippen molar-refractivity contribution in [1.29, 1.82) is 0 Å². The molecule has 4 nitrogen and oxygen atoms in total. The summed E-state index contributed by atoms with van der Waals surface area (Å²) in [4.78, 5) is 20.3. The van der Waals surface area contributed by atoms with Crippen LogP contribution in [0.25, 0.3) is 0 Å². The second-order valence-corrected chi connectivity index (χ2v) is 4.75. The van der Waals surface area contributed by atoms with Crippen molar-refractivity contribution in [2.24, 2.45) is 4.99 Å². The Kier molecular flexibility index (Phi) is 3.54. The van der Waals surface area contributed by atoms with E-state index in [0.717, 1.165) is 23.5 Å². The number of aromatic nitrogens is 1. The van der Waals surface area contributed by atoms with Crippen molar-refractivity contribution in [3.8, 4) is 0 Å². The number of fused-ring (bicyclic) bond motifs is 1. The summed E-state index contributed by atoms with van der Waals surface area (Å²) in [6, 6.07) is 11.6. The molecule has 0 unspecified atom stereocenters. The maximum absolute atomic E-state index is 11.9. The zero-order valence-electron chi connectivity index (χ0n) is 11.0. The Labute approximate surface area is 117 Å². The number of aliphatic imine (C=N–C) groups is 1. The fraction of sp³-hybridized carbons (Fsp3) is 0.188. The molecule has 1 aromatic heterocycles. The Morgan fingerprint density at radius 1 is 1.25 bits per heavy atom. The van der Waals surface area contributed by atoms with Crippen LogP contribution in [0.2, 0.25) is 0 Å². The van der Waals surface area contributed by atoms with Crippen molar-refractivity contribution in [2.75, 3.05) is 5.32 Å². The van der Waals surface area contributed by atoms with E-state index in [0.29, 0.717) is 12.8 Å². The molecule has 1 aliphatic heterocycles. The van der Waals surface area contributed by atoms with Crippen LogP contribution in [0, 0.1) is 0 Å². The van der Waals surface area contributed by atoms with Gasteiger partial charge in [-0.25, -0.2) is 0 Å². The number of nitrogens with zero attached hydrogens (tertiary/aromatic N) is 2. The number of rotatable bonds is 4. The van der Waals surface area contributed by atoms with Gasteiger partial charge in [-0.05, 0) is 41.8 Å². The van der Waals surface area contributed by atoms with Gasteiger partial charge in [-0.1, -0.05) is 12.1 Å². The molecule has 2 heterocycles. The van der Waals surface area contributed by atoms with Crippen molar-refractivity contribution < 1.29 is 4.79 Å². The van der Waals surface area contributed by atoms with Gasteiger partial charge in [-0.2, -0.15) is 0 Å². The molecule has 1 aromatic carbocycles. The standard InChI is InChI=1S/C16H15N3O/c20-16(7-6-14-3-1-2-8-18-14)19-15-5-4-12-10-17-11-13(12)9-15/h1-5,8-9,11H,6-7,10H2,(H,19,20). The Balaban J connectivity index is 1.58. The summed E-state index contributed by atoms with van der Waals surface area (Å²) in [5.41, 5.74) is 4.05. The number of hydrogen-bond acceptors (Lipinski definition) is 3. The zero-order valence-corrected chi connectivity index (χ0v) is 11.0. The number of pyridine rings is 1. The van der Waals surface area contributed by atoms with Gasteiger partial charge in [-0.15, -0.1) is 0 Å². The topological polar surface area (TPSA) is 54.4 Å². The van der Waals surface area contributed by atoms with Gasteiger partial charge in [0.1, 0.15) is 0 Å². The smallest absolute Gasteiger partial charge is 0.224 e. The van der Waals surface area contributed by atoms with Crippen molar-refractivity contribution in [2.45, 2.75) is 19.4 Å². The van der Waals surface area contributed by atoms with E-state index in [4.69, 9.17) is 0 Å². The van der Waals surface area contributed by atoms with Crippen molar-refractivity contribution in [3.05, 3.63) is 59.4 Å². The second-order valence-electron chi connectivity index (χ2n) is 4.75. The largest absolute Gasteiger partial charge is 0.326 e. The van der Waals surface area contributed by atoms with E-state index in [1.807, 2.05) is 42.6 Å².